The van der Waals surface area contributed by atoms with E-state index in [0.717, 1.165) is 6.42 Å². The fourth-order valence-corrected chi connectivity index (χ4v) is 2.40. The van der Waals surface area contributed by atoms with Gasteiger partial charge in [-0.1, -0.05) is 0 Å². The molecule has 0 aromatic carbocycles. The van der Waals surface area contributed by atoms with Crippen molar-refractivity contribution in [3.8, 4) is 0 Å². The van der Waals surface area contributed by atoms with Gasteiger partial charge in [-0.3, -0.25) is 0 Å². The maximum atomic E-state index is 12.0. The molecule has 2 amide bonds. The fourth-order valence-electron chi connectivity index (χ4n) is 2.40. The van der Waals surface area contributed by atoms with Crippen LogP contribution in [0.1, 0.15) is 26.2 Å². The van der Waals surface area contributed by atoms with E-state index in [-0.39, 0.29) is 12.8 Å². The lowest BCUT2D eigenvalue weighted by Gasteiger charge is -2.35. The molecule has 0 saturated carbocycles. The quantitative estimate of drug-likeness (QED) is 0.677. The van der Waals surface area contributed by atoms with Gasteiger partial charge in [0, 0.05) is 32.7 Å². The van der Waals surface area contributed by atoms with Crippen molar-refractivity contribution in [2.24, 2.45) is 0 Å². The van der Waals surface area contributed by atoms with Crippen LogP contribution in [0.25, 0.3) is 0 Å². The number of ether oxygens (including phenoxy) is 2. The average Bonchev–Trinajstić information content (AvgIpc) is 2.76. The molecule has 108 valence electrons. The third-order valence-electron chi connectivity index (χ3n) is 3.74. The minimum Gasteiger partial charge on any atom is -0.480 e. The number of urea groups is 1. The van der Waals surface area contributed by atoms with E-state index in [2.05, 4.69) is 10.6 Å². The van der Waals surface area contributed by atoms with E-state index in [4.69, 9.17) is 9.47 Å². The second-order valence-corrected chi connectivity index (χ2v) is 5.44. The number of carboxylic acid groups (broad SMARTS) is 1. The van der Waals surface area contributed by atoms with E-state index in [1.807, 2.05) is 6.92 Å². The number of amides is 2. The van der Waals surface area contributed by atoms with Gasteiger partial charge in [0.05, 0.1) is 12.1 Å². The van der Waals surface area contributed by atoms with Crippen LogP contribution in [0.4, 0.5) is 4.79 Å². The Hall–Kier alpha value is -1.34. The smallest absolute Gasteiger partial charge is 0.329 e. The average molecular weight is 272 g/mol. The Balaban J connectivity index is 1.97. The third-order valence-corrected chi connectivity index (χ3v) is 3.74. The van der Waals surface area contributed by atoms with Crippen LogP contribution >= 0.6 is 0 Å². The SMILES string of the molecule is CC1(NC(=O)NC2(C(=O)O)CCOCC2)CCOC1. The van der Waals surface area contributed by atoms with Gasteiger partial charge in [0.1, 0.15) is 5.54 Å². The molecule has 2 aliphatic rings. The summed E-state index contributed by atoms with van der Waals surface area (Å²) in [5.41, 5.74) is -1.65. The molecular weight excluding hydrogens is 252 g/mol. The Kier molecular flexibility index (Phi) is 3.96. The fraction of sp³-hybridized carbons (Fsp3) is 0.833. The maximum Gasteiger partial charge on any atom is 0.329 e. The Labute approximate surface area is 111 Å². The lowest BCUT2D eigenvalue weighted by atomic mass is 9.90. The number of nitrogens with one attached hydrogen (secondary N) is 2. The predicted molar refractivity (Wildman–Crippen MR) is 65.9 cm³/mol. The maximum absolute atomic E-state index is 12.0. The molecule has 0 aliphatic carbocycles. The van der Waals surface area contributed by atoms with Gasteiger partial charge >= 0.3 is 12.0 Å². The number of rotatable bonds is 3. The molecule has 0 aromatic rings. The van der Waals surface area contributed by atoms with Gasteiger partial charge in [0.15, 0.2) is 0 Å². The van der Waals surface area contributed by atoms with Crippen molar-refractivity contribution in [1.82, 2.24) is 10.6 Å². The van der Waals surface area contributed by atoms with Crippen LogP contribution in [-0.2, 0) is 14.3 Å². The molecular formula is C12H20N2O5. The first-order chi connectivity index (χ1) is 8.96. The number of carbonyl (C=O) groups is 2. The van der Waals surface area contributed by atoms with E-state index in [1.165, 1.54) is 0 Å². The summed E-state index contributed by atoms with van der Waals surface area (Å²) in [5.74, 6) is -1.02. The van der Waals surface area contributed by atoms with Crippen LogP contribution < -0.4 is 10.6 Å². The molecule has 19 heavy (non-hydrogen) atoms. The van der Waals surface area contributed by atoms with E-state index < -0.39 is 23.1 Å². The Morgan fingerprint density at radius 1 is 1.05 bits per heavy atom. The molecule has 1 unspecified atom stereocenters. The minimum atomic E-state index is -1.22. The standard InChI is InChI=1S/C12H20N2O5/c1-11(2-5-19-8-11)13-10(17)14-12(9(15)16)3-6-18-7-4-12/h2-8H2,1H3,(H,15,16)(H2,13,14,17). The highest BCUT2D eigenvalue weighted by atomic mass is 16.5. The molecule has 0 spiro atoms. The predicted octanol–water partition coefficient (Wildman–Crippen LogP) is 0.0984. The number of hydrogen-bond donors (Lipinski definition) is 3. The monoisotopic (exact) mass is 272 g/mol. The molecule has 2 aliphatic heterocycles. The number of carbonyl (C=O) groups excluding carboxylic acids is 1. The zero-order valence-electron chi connectivity index (χ0n) is 11.0. The molecule has 2 rings (SSSR count). The lowest BCUT2D eigenvalue weighted by Crippen LogP contribution is -2.62. The Bertz CT molecular complexity index is 359. The van der Waals surface area contributed by atoms with Gasteiger partial charge in [-0.15, -0.1) is 0 Å². The molecule has 0 bridgehead atoms. The zero-order chi connectivity index (χ0) is 13.9. The summed E-state index contributed by atoms with van der Waals surface area (Å²) < 4.78 is 10.4. The summed E-state index contributed by atoms with van der Waals surface area (Å²) in [6.45, 7) is 3.62. The Morgan fingerprint density at radius 2 is 1.68 bits per heavy atom. The molecule has 2 heterocycles. The first-order valence-electron chi connectivity index (χ1n) is 6.45. The second kappa shape index (κ2) is 5.34. The first-order valence-corrected chi connectivity index (χ1v) is 6.45. The topological polar surface area (TPSA) is 96.9 Å². The number of aliphatic carboxylic acids is 1. The summed E-state index contributed by atoms with van der Waals surface area (Å²) in [4.78, 5) is 23.4. The summed E-state index contributed by atoms with van der Waals surface area (Å²) in [6.07, 6.45) is 1.29. The molecule has 0 radical (unpaired) electrons. The van der Waals surface area contributed by atoms with Gasteiger partial charge in [-0.25, -0.2) is 9.59 Å². The number of hydrogen-bond acceptors (Lipinski definition) is 4. The molecule has 3 N–H and O–H groups in total. The lowest BCUT2D eigenvalue weighted by molar-refractivity contribution is -0.148. The van der Waals surface area contributed by atoms with E-state index in [9.17, 15) is 14.7 Å². The molecule has 7 heteroatoms. The summed E-state index contributed by atoms with van der Waals surface area (Å²) in [7, 11) is 0. The van der Waals surface area contributed by atoms with Crippen molar-refractivity contribution in [1.29, 1.82) is 0 Å². The highest BCUT2D eigenvalue weighted by Crippen LogP contribution is 2.22. The van der Waals surface area contributed by atoms with Gasteiger partial charge in [-0.05, 0) is 13.3 Å². The highest BCUT2D eigenvalue weighted by Gasteiger charge is 2.42. The van der Waals surface area contributed by atoms with Crippen LogP contribution in [0.2, 0.25) is 0 Å². The van der Waals surface area contributed by atoms with Gasteiger partial charge in [0.2, 0.25) is 0 Å². The van der Waals surface area contributed by atoms with Crippen molar-refractivity contribution in [3.05, 3.63) is 0 Å². The van der Waals surface area contributed by atoms with Crippen LogP contribution in [0.15, 0.2) is 0 Å². The molecule has 2 fully saturated rings. The zero-order valence-corrected chi connectivity index (χ0v) is 11.0. The highest BCUT2D eigenvalue weighted by molar-refractivity contribution is 5.86. The third kappa shape index (κ3) is 3.16. The van der Waals surface area contributed by atoms with Crippen LogP contribution in [0, 0.1) is 0 Å². The van der Waals surface area contributed by atoms with Crippen molar-refractivity contribution >= 4 is 12.0 Å². The van der Waals surface area contributed by atoms with E-state index >= 15 is 0 Å². The first kappa shape index (κ1) is 14.1. The number of carboxylic acids is 1. The van der Waals surface area contributed by atoms with Crippen molar-refractivity contribution < 1.29 is 24.2 Å². The van der Waals surface area contributed by atoms with Crippen LogP contribution in [-0.4, -0.2) is 54.6 Å². The van der Waals surface area contributed by atoms with Gasteiger partial charge in [-0.2, -0.15) is 0 Å². The summed E-state index contributed by atoms with van der Waals surface area (Å²) in [6, 6.07) is -0.461. The van der Waals surface area contributed by atoms with Crippen LogP contribution in [0.3, 0.4) is 0 Å². The summed E-state index contributed by atoms with van der Waals surface area (Å²) in [5, 5.41) is 14.7. The van der Waals surface area contributed by atoms with Gasteiger partial charge < -0.3 is 25.2 Å². The largest absolute Gasteiger partial charge is 0.480 e. The normalized spacial score (nSPS) is 29.7. The van der Waals surface area contributed by atoms with Crippen LogP contribution in [0.5, 0.6) is 0 Å². The molecule has 7 nitrogen and oxygen atoms in total. The second-order valence-electron chi connectivity index (χ2n) is 5.44. The molecule has 1 atom stereocenters. The van der Waals surface area contributed by atoms with E-state index in [0.29, 0.717) is 26.4 Å². The molecule has 0 aromatic heterocycles. The van der Waals surface area contributed by atoms with Crippen molar-refractivity contribution in [3.63, 3.8) is 0 Å². The van der Waals surface area contributed by atoms with E-state index in [1.54, 1.807) is 0 Å². The Morgan fingerprint density at radius 3 is 2.21 bits per heavy atom. The van der Waals surface area contributed by atoms with Crippen molar-refractivity contribution in [2.75, 3.05) is 26.4 Å². The van der Waals surface area contributed by atoms with Crippen molar-refractivity contribution in [2.45, 2.75) is 37.3 Å². The molecule has 2 saturated heterocycles. The van der Waals surface area contributed by atoms with Gasteiger partial charge in [0.25, 0.3) is 0 Å². The minimum absolute atomic E-state index is 0.281. The summed E-state index contributed by atoms with van der Waals surface area (Å²) >= 11 is 0.